The highest BCUT2D eigenvalue weighted by atomic mass is 32.2. The molecule has 1 saturated heterocycles. The van der Waals surface area contributed by atoms with E-state index in [4.69, 9.17) is 4.74 Å². The van der Waals surface area contributed by atoms with E-state index in [-0.39, 0.29) is 11.4 Å². The number of ether oxygens (including phenoxy) is 1. The van der Waals surface area contributed by atoms with Crippen molar-refractivity contribution < 1.29 is 22.3 Å². The first-order valence-corrected chi connectivity index (χ1v) is 8.17. The summed E-state index contributed by atoms with van der Waals surface area (Å²) in [5, 5.41) is 0. The Morgan fingerprint density at radius 2 is 2.10 bits per heavy atom. The van der Waals surface area contributed by atoms with Crippen LogP contribution >= 0.6 is 0 Å². The minimum Gasteiger partial charge on any atom is -0.468 e. The van der Waals surface area contributed by atoms with Crippen molar-refractivity contribution in [3.05, 3.63) is 29.6 Å². The smallest absolute Gasteiger partial charge is 0.324 e. The van der Waals surface area contributed by atoms with Crippen molar-refractivity contribution in [1.82, 2.24) is 4.31 Å². The molecule has 0 N–H and O–H groups in total. The Labute approximate surface area is 123 Å². The van der Waals surface area contributed by atoms with Crippen molar-refractivity contribution in [2.75, 3.05) is 13.7 Å². The zero-order valence-electron chi connectivity index (χ0n) is 12.0. The van der Waals surface area contributed by atoms with Crippen LogP contribution in [0.15, 0.2) is 23.1 Å². The van der Waals surface area contributed by atoms with Crippen LogP contribution in [-0.4, -0.2) is 38.4 Å². The second kappa shape index (κ2) is 6.11. The third-order valence-electron chi connectivity index (χ3n) is 3.65. The number of halogens is 1. The average molecular weight is 315 g/mol. The van der Waals surface area contributed by atoms with Crippen LogP contribution in [0.1, 0.15) is 24.8 Å². The number of hydrogen-bond donors (Lipinski definition) is 0. The molecule has 0 aliphatic carbocycles. The molecule has 1 aromatic rings. The van der Waals surface area contributed by atoms with Crippen LogP contribution in [0.2, 0.25) is 0 Å². The molecular weight excluding hydrogens is 297 g/mol. The number of sulfonamides is 1. The summed E-state index contributed by atoms with van der Waals surface area (Å²) >= 11 is 0. The summed E-state index contributed by atoms with van der Waals surface area (Å²) in [5.41, 5.74) is 0.323. The molecule has 21 heavy (non-hydrogen) atoms. The first-order chi connectivity index (χ1) is 9.87. The predicted octanol–water partition coefficient (Wildman–Crippen LogP) is 1.85. The van der Waals surface area contributed by atoms with E-state index in [9.17, 15) is 17.6 Å². The van der Waals surface area contributed by atoms with Crippen LogP contribution in [0.5, 0.6) is 0 Å². The summed E-state index contributed by atoms with van der Waals surface area (Å²) in [4.78, 5) is 11.8. The number of carbonyl (C=O) groups excluding carboxylic acids is 1. The summed E-state index contributed by atoms with van der Waals surface area (Å²) in [6.45, 7) is 1.80. The number of nitrogens with zero attached hydrogens (tertiary/aromatic N) is 1. The van der Waals surface area contributed by atoms with E-state index in [2.05, 4.69) is 0 Å². The normalized spacial score (nSPS) is 20.2. The van der Waals surface area contributed by atoms with Crippen LogP contribution in [-0.2, 0) is 19.6 Å². The van der Waals surface area contributed by atoms with Gasteiger partial charge in [0.05, 0.1) is 12.0 Å². The molecule has 0 radical (unpaired) electrons. The van der Waals surface area contributed by atoms with Gasteiger partial charge in [-0.05, 0) is 49.9 Å². The maximum atomic E-state index is 13.2. The molecule has 1 aromatic carbocycles. The van der Waals surface area contributed by atoms with Crippen LogP contribution in [0.25, 0.3) is 0 Å². The fraction of sp³-hybridized carbons (Fsp3) is 0.500. The van der Waals surface area contributed by atoms with Crippen molar-refractivity contribution in [1.29, 1.82) is 0 Å². The standard InChI is InChI=1S/C14H18FNO4S/c1-10-9-11(15)6-7-13(10)21(18,19)16-8-4-3-5-12(16)14(17)20-2/h6-7,9,12H,3-5,8H2,1-2H3. The number of esters is 1. The molecular formula is C14H18FNO4S. The van der Waals surface area contributed by atoms with E-state index in [1.807, 2.05) is 0 Å². The third-order valence-corrected chi connectivity index (χ3v) is 5.72. The van der Waals surface area contributed by atoms with Gasteiger partial charge in [0.25, 0.3) is 0 Å². The number of rotatable bonds is 3. The van der Waals surface area contributed by atoms with Crippen molar-refractivity contribution in [3.63, 3.8) is 0 Å². The molecule has 1 fully saturated rings. The minimum atomic E-state index is -3.85. The van der Waals surface area contributed by atoms with Crippen LogP contribution < -0.4 is 0 Å². The quantitative estimate of drug-likeness (QED) is 0.799. The van der Waals surface area contributed by atoms with Crippen LogP contribution in [0, 0.1) is 12.7 Å². The first-order valence-electron chi connectivity index (χ1n) is 6.73. The van der Waals surface area contributed by atoms with E-state index in [0.717, 1.165) is 12.5 Å². The van der Waals surface area contributed by atoms with Gasteiger partial charge in [0, 0.05) is 6.54 Å². The topological polar surface area (TPSA) is 63.7 Å². The molecule has 0 bridgehead atoms. The number of benzene rings is 1. The van der Waals surface area contributed by atoms with E-state index in [0.29, 0.717) is 18.4 Å². The summed E-state index contributed by atoms with van der Waals surface area (Å²) in [5.74, 6) is -1.05. The van der Waals surface area contributed by atoms with Crippen LogP contribution in [0.4, 0.5) is 4.39 Å². The monoisotopic (exact) mass is 315 g/mol. The number of methoxy groups -OCH3 is 1. The second-order valence-corrected chi connectivity index (χ2v) is 6.92. The zero-order valence-corrected chi connectivity index (χ0v) is 12.8. The Hall–Kier alpha value is -1.47. The Kier molecular flexibility index (Phi) is 4.63. The fourth-order valence-corrected chi connectivity index (χ4v) is 4.45. The van der Waals surface area contributed by atoms with Gasteiger partial charge in [-0.1, -0.05) is 0 Å². The molecule has 1 unspecified atom stereocenters. The Morgan fingerprint density at radius 1 is 1.38 bits per heavy atom. The molecule has 2 rings (SSSR count). The highest BCUT2D eigenvalue weighted by molar-refractivity contribution is 7.89. The van der Waals surface area contributed by atoms with Gasteiger partial charge in [-0.3, -0.25) is 4.79 Å². The van der Waals surface area contributed by atoms with E-state index >= 15 is 0 Å². The molecule has 0 amide bonds. The Balaban J connectivity index is 2.43. The summed E-state index contributed by atoms with van der Waals surface area (Å²) in [6.07, 6.45) is 1.90. The van der Waals surface area contributed by atoms with Gasteiger partial charge in [0.1, 0.15) is 11.9 Å². The molecule has 1 atom stereocenters. The maximum Gasteiger partial charge on any atom is 0.324 e. The molecule has 0 aromatic heterocycles. The first kappa shape index (κ1) is 15.9. The van der Waals surface area contributed by atoms with Crippen molar-refractivity contribution >= 4 is 16.0 Å². The molecule has 1 aliphatic heterocycles. The van der Waals surface area contributed by atoms with Gasteiger partial charge < -0.3 is 4.74 Å². The predicted molar refractivity (Wildman–Crippen MR) is 74.7 cm³/mol. The number of aryl methyl sites for hydroxylation is 1. The molecule has 1 aliphatic rings. The lowest BCUT2D eigenvalue weighted by molar-refractivity contribution is -0.146. The summed E-state index contributed by atoms with van der Waals surface area (Å²) < 4.78 is 44.5. The molecule has 116 valence electrons. The minimum absolute atomic E-state index is 0.0275. The average Bonchev–Trinajstić information content (AvgIpc) is 2.46. The summed E-state index contributed by atoms with van der Waals surface area (Å²) in [7, 11) is -2.61. The van der Waals surface area contributed by atoms with E-state index in [1.165, 1.54) is 30.5 Å². The lowest BCUT2D eigenvalue weighted by Gasteiger charge is -2.33. The van der Waals surface area contributed by atoms with Gasteiger partial charge in [-0.15, -0.1) is 0 Å². The van der Waals surface area contributed by atoms with Crippen molar-refractivity contribution in [2.45, 2.75) is 37.1 Å². The van der Waals surface area contributed by atoms with Crippen molar-refractivity contribution in [2.24, 2.45) is 0 Å². The third kappa shape index (κ3) is 3.08. The highest BCUT2D eigenvalue weighted by Gasteiger charge is 2.38. The van der Waals surface area contributed by atoms with Gasteiger partial charge in [0.15, 0.2) is 0 Å². The summed E-state index contributed by atoms with van der Waals surface area (Å²) in [6, 6.07) is 2.71. The SMILES string of the molecule is COC(=O)C1CCCCN1S(=O)(=O)c1ccc(F)cc1C. The number of carbonyl (C=O) groups is 1. The lowest BCUT2D eigenvalue weighted by atomic mass is 10.1. The zero-order chi connectivity index (χ0) is 15.6. The van der Waals surface area contributed by atoms with Crippen molar-refractivity contribution in [3.8, 4) is 0 Å². The van der Waals surface area contributed by atoms with Gasteiger partial charge in [0.2, 0.25) is 10.0 Å². The van der Waals surface area contributed by atoms with Gasteiger partial charge in [-0.25, -0.2) is 12.8 Å². The van der Waals surface area contributed by atoms with Gasteiger partial charge >= 0.3 is 5.97 Å². The van der Waals surface area contributed by atoms with Crippen LogP contribution in [0.3, 0.4) is 0 Å². The molecule has 0 spiro atoms. The molecule has 1 heterocycles. The largest absolute Gasteiger partial charge is 0.468 e. The van der Waals surface area contributed by atoms with Gasteiger partial charge in [-0.2, -0.15) is 4.31 Å². The Morgan fingerprint density at radius 3 is 2.71 bits per heavy atom. The van der Waals surface area contributed by atoms with E-state index < -0.39 is 27.9 Å². The molecule has 0 saturated carbocycles. The number of piperidine rings is 1. The Bertz CT molecular complexity index is 644. The maximum absolute atomic E-state index is 13.2. The molecule has 7 heteroatoms. The molecule has 5 nitrogen and oxygen atoms in total. The highest BCUT2D eigenvalue weighted by Crippen LogP contribution is 2.28. The second-order valence-electron chi connectivity index (χ2n) is 5.06. The number of hydrogen-bond acceptors (Lipinski definition) is 4. The van der Waals surface area contributed by atoms with E-state index in [1.54, 1.807) is 0 Å². The lowest BCUT2D eigenvalue weighted by Crippen LogP contribution is -2.48. The fourth-order valence-electron chi connectivity index (χ4n) is 2.59.